The summed E-state index contributed by atoms with van der Waals surface area (Å²) in [6.45, 7) is 4.68. The van der Waals surface area contributed by atoms with Gasteiger partial charge in [0.05, 0.1) is 6.20 Å². The zero-order valence-electron chi connectivity index (χ0n) is 16.1. The second-order valence-electron chi connectivity index (χ2n) is 7.17. The average Bonchev–Trinajstić information content (AvgIpc) is 3.27. The fraction of sp³-hybridized carbons (Fsp3) is 0.389. The van der Waals surface area contributed by atoms with E-state index in [1.807, 2.05) is 24.0 Å². The van der Waals surface area contributed by atoms with Crippen LogP contribution in [0.25, 0.3) is 11.3 Å². The smallest absolute Gasteiger partial charge is 0.355 e. The first-order chi connectivity index (χ1) is 14.4. The van der Waals surface area contributed by atoms with Crippen molar-refractivity contribution in [1.82, 2.24) is 34.4 Å². The van der Waals surface area contributed by atoms with Crippen LogP contribution in [0, 0.1) is 6.92 Å². The fourth-order valence-corrected chi connectivity index (χ4v) is 3.74. The molecule has 0 bridgehead atoms. The zero-order chi connectivity index (χ0) is 20.9. The van der Waals surface area contributed by atoms with Crippen LogP contribution >= 0.6 is 0 Å². The highest BCUT2D eigenvalue weighted by Gasteiger charge is 2.37. The third-order valence-corrected chi connectivity index (χ3v) is 5.11. The molecule has 30 heavy (non-hydrogen) atoms. The van der Waals surface area contributed by atoms with Crippen LogP contribution < -0.4 is 9.80 Å². The van der Waals surface area contributed by atoms with Crippen LogP contribution in [0.15, 0.2) is 30.5 Å². The monoisotopic (exact) mass is 417 g/mol. The molecule has 1 saturated heterocycles. The standard InChI is InChI=1S/C18H18F3N9/c1-12-11-16(29-13(23-12)5-6-22-29)28-8-2-7-27(9-10-28)15-4-3-14-24-25-17(18(19,20)21)30(14)26-15/h3-6,11H,2,7-10H2,1H3. The number of hydrogen-bond acceptors (Lipinski definition) is 7. The van der Waals surface area contributed by atoms with Gasteiger partial charge in [0.15, 0.2) is 11.3 Å². The van der Waals surface area contributed by atoms with Crippen LogP contribution in [-0.2, 0) is 6.18 Å². The first kappa shape index (κ1) is 18.6. The lowest BCUT2D eigenvalue weighted by molar-refractivity contribution is -0.146. The number of rotatable bonds is 2. The summed E-state index contributed by atoms with van der Waals surface area (Å²) in [5.41, 5.74) is 1.75. The number of fused-ring (bicyclic) bond motifs is 2. The van der Waals surface area contributed by atoms with Gasteiger partial charge in [-0.25, -0.2) is 4.98 Å². The maximum absolute atomic E-state index is 13.2. The molecule has 0 aromatic carbocycles. The molecule has 1 fully saturated rings. The first-order valence-corrected chi connectivity index (χ1v) is 9.51. The van der Waals surface area contributed by atoms with Gasteiger partial charge in [0.1, 0.15) is 11.6 Å². The molecule has 0 aliphatic carbocycles. The SMILES string of the molecule is Cc1cc(N2CCCN(c3ccc4nnc(C(F)(F)F)n4n3)CC2)n2nccc2n1. The van der Waals surface area contributed by atoms with Gasteiger partial charge in [-0.1, -0.05) is 0 Å². The Hall–Kier alpha value is -3.44. The number of anilines is 2. The van der Waals surface area contributed by atoms with E-state index in [0.29, 0.717) is 25.5 Å². The van der Waals surface area contributed by atoms with Crippen LogP contribution in [0.2, 0.25) is 0 Å². The van der Waals surface area contributed by atoms with Crippen molar-refractivity contribution < 1.29 is 13.2 Å². The number of nitrogens with zero attached hydrogens (tertiary/aromatic N) is 9. The Labute approximate surface area is 168 Å². The highest BCUT2D eigenvalue weighted by molar-refractivity contribution is 5.52. The predicted octanol–water partition coefficient (Wildman–Crippen LogP) is 2.21. The van der Waals surface area contributed by atoms with Gasteiger partial charge in [0.25, 0.3) is 5.82 Å². The molecule has 0 spiro atoms. The van der Waals surface area contributed by atoms with Gasteiger partial charge >= 0.3 is 6.18 Å². The maximum atomic E-state index is 13.2. The molecule has 0 N–H and O–H groups in total. The van der Waals surface area contributed by atoms with E-state index in [2.05, 4.69) is 30.3 Å². The van der Waals surface area contributed by atoms with E-state index in [-0.39, 0.29) is 5.65 Å². The van der Waals surface area contributed by atoms with Crippen LogP contribution in [0.3, 0.4) is 0 Å². The highest BCUT2D eigenvalue weighted by atomic mass is 19.4. The number of halogens is 3. The van der Waals surface area contributed by atoms with Gasteiger partial charge in [0.2, 0.25) is 0 Å². The highest BCUT2D eigenvalue weighted by Crippen LogP contribution is 2.28. The number of alkyl halides is 3. The number of hydrogen-bond donors (Lipinski definition) is 0. The molecule has 4 aromatic rings. The van der Waals surface area contributed by atoms with Gasteiger partial charge in [-0.3, -0.25) is 0 Å². The van der Waals surface area contributed by atoms with E-state index < -0.39 is 12.0 Å². The van der Waals surface area contributed by atoms with Gasteiger partial charge < -0.3 is 9.80 Å². The average molecular weight is 417 g/mol. The van der Waals surface area contributed by atoms with Crippen molar-refractivity contribution in [3.05, 3.63) is 42.0 Å². The minimum atomic E-state index is -4.62. The normalized spacial score (nSPS) is 15.9. The molecule has 5 heterocycles. The molecule has 1 aliphatic heterocycles. The molecular formula is C18H18F3N9. The second kappa shape index (κ2) is 6.82. The van der Waals surface area contributed by atoms with Crippen molar-refractivity contribution in [2.75, 3.05) is 36.0 Å². The van der Waals surface area contributed by atoms with Crippen molar-refractivity contribution in [3.63, 3.8) is 0 Å². The Morgan fingerprint density at radius 3 is 2.53 bits per heavy atom. The number of aromatic nitrogens is 7. The van der Waals surface area contributed by atoms with Crippen LogP contribution in [0.5, 0.6) is 0 Å². The summed E-state index contributed by atoms with van der Waals surface area (Å²) in [4.78, 5) is 8.67. The zero-order valence-corrected chi connectivity index (χ0v) is 16.1. The lowest BCUT2D eigenvalue weighted by Crippen LogP contribution is -2.32. The molecular weight excluding hydrogens is 399 g/mol. The minimum Gasteiger partial charge on any atom is -0.355 e. The summed E-state index contributed by atoms with van der Waals surface area (Å²) >= 11 is 0. The summed E-state index contributed by atoms with van der Waals surface area (Å²) in [5, 5.41) is 15.3. The Kier molecular flexibility index (Phi) is 4.22. The Bertz CT molecular complexity index is 1210. The van der Waals surface area contributed by atoms with E-state index in [9.17, 15) is 13.2 Å². The Morgan fingerprint density at radius 2 is 1.70 bits per heavy atom. The third-order valence-electron chi connectivity index (χ3n) is 5.11. The van der Waals surface area contributed by atoms with Crippen LogP contribution in [-0.4, -0.2) is 60.6 Å². The first-order valence-electron chi connectivity index (χ1n) is 9.51. The molecule has 0 saturated carbocycles. The topological polar surface area (TPSA) is 79.8 Å². The molecule has 4 aromatic heterocycles. The van der Waals surface area contributed by atoms with Crippen molar-refractivity contribution in [2.24, 2.45) is 0 Å². The molecule has 0 unspecified atom stereocenters. The Morgan fingerprint density at radius 1 is 0.900 bits per heavy atom. The summed E-state index contributed by atoms with van der Waals surface area (Å²) < 4.78 is 42.1. The number of aryl methyl sites for hydroxylation is 1. The largest absolute Gasteiger partial charge is 0.453 e. The molecule has 0 atom stereocenters. The molecule has 5 rings (SSSR count). The van der Waals surface area contributed by atoms with Crippen LogP contribution in [0.1, 0.15) is 17.9 Å². The van der Waals surface area contributed by atoms with E-state index in [4.69, 9.17) is 0 Å². The fourth-order valence-electron chi connectivity index (χ4n) is 3.74. The molecule has 1 aliphatic rings. The predicted molar refractivity (Wildman–Crippen MR) is 103 cm³/mol. The Balaban J connectivity index is 1.42. The van der Waals surface area contributed by atoms with Crippen molar-refractivity contribution in [2.45, 2.75) is 19.5 Å². The lowest BCUT2D eigenvalue weighted by atomic mass is 10.3. The lowest BCUT2D eigenvalue weighted by Gasteiger charge is -2.24. The van der Waals surface area contributed by atoms with E-state index in [1.165, 1.54) is 6.07 Å². The van der Waals surface area contributed by atoms with Gasteiger partial charge in [-0.15, -0.1) is 15.3 Å². The van der Waals surface area contributed by atoms with E-state index >= 15 is 0 Å². The minimum absolute atomic E-state index is 0.0656. The summed E-state index contributed by atoms with van der Waals surface area (Å²) in [6.07, 6.45) is -2.08. The van der Waals surface area contributed by atoms with E-state index in [1.54, 1.807) is 16.8 Å². The van der Waals surface area contributed by atoms with Gasteiger partial charge in [-0.05, 0) is 25.5 Å². The van der Waals surface area contributed by atoms with Crippen LogP contribution in [0.4, 0.5) is 24.8 Å². The summed E-state index contributed by atoms with van der Waals surface area (Å²) in [5.74, 6) is 0.292. The molecule has 0 amide bonds. The third kappa shape index (κ3) is 3.17. The summed E-state index contributed by atoms with van der Waals surface area (Å²) in [7, 11) is 0. The van der Waals surface area contributed by atoms with Gasteiger partial charge in [0, 0.05) is 44.0 Å². The second-order valence-corrected chi connectivity index (χ2v) is 7.17. The molecule has 156 valence electrons. The molecule has 9 nitrogen and oxygen atoms in total. The molecule has 12 heteroatoms. The summed E-state index contributed by atoms with van der Waals surface area (Å²) in [6, 6.07) is 7.04. The van der Waals surface area contributed by atoms with Gasteiger partial charge in [-0.2, -0.15) is 27.3 Å². The van der Waals surface area contributed by atoms with Crippen molar-refractivity contribution in [3.8, 4) is 0 Å². The quantitative estimate of drug-likeness (QED) is 0.495. The maximum Gasteiger partial charge on any atom is 0.453 e. The van der Waals surface area contributed by atoms with Crippen molar-refractivity contribution in [1.29, 1.82) is 0 Å². The van der Waals surface area contributed by atoms with E-state index in [0.717, 1.165) is 34.6 Å². The van der Waals surface area contributed by atoms with Crippen molar-refractivity contribution >= 4 is 22.9 Å². The molecule has 0 radical (unpaired) electrons.